The first-order valence-corrected chi connectivity index (χ1v) is 16.3. The summed E-state index contributed by atoms with van der Waals surface area (Å²) in [5.41, 5.74) is 1.36. The second-order valence-corrected chi connectivity index (χ2v) is 13.3. The molecule has 3 heterocycles. The predicted molar refractivity (Wildman–Crippen MR) is 175 cm³/mol. The quantitative estimate of drug-likeness (QED) is 0.224. The number of rotatable bonds is 11. The molecule has 3 amide bonds. The van der Waals surface area contributed by atoms with Crippen LogP contribution in [0.5, 0.6) is 11.6 Å². The van der Waals surface area contributed by atoms with Gasteiger partial charge in [0.2, 0.25) is 0 Å². The minimum absolute atomic E-state index is 0.110. The molecule has 50 heavy (non-hydrogen) atoms. The zero-order valence-corrected chi connectivity index (χ0v) is 28.0. The first-order valence-electron chi connectivity index (χ1n) is 16.3. The molecule has 1 aromatic heterocycles. The number of carbonyl (C=O) groups is 4. The average molecular weight is 692 g/mol. The van der Waals surface area contributed by atoms with E-state index >= 15 is 4.39 Å². The molecule has 0 saturated carbocycles. The standard InChI is InChI=1S/C35H38FN5O9/c1-35(2,3)50-33(44)40(10-9-24-17-41(34(45)49-24)28-15-37-32-31(38-28)39-29(42)19-48-32)16-22-11-23-13-25(14-27(36)26(23)12-22)46-20-30(43)47-18-21-7-5-4-6-8-21/h4-8,13-15,22,24H,9-12,16-20H2,1-3H3,(H,38,39,42). The van der Waals surface area contributed by atoms with Crippen molar-refractivity contribution in [1.82, 2.24) is 14.9 Å². The number of anilines is 2. The van der Waals surface area contributed by atoms with Crippen molar-refractivity contribution in [2.24, 2.45) is 5.92 Å². The number of aromatic nitrogens is 2. The normalized spacial score (nSPS) is 18.0. The van der Waals surface area contributed by atoms with E-state index in [1.807, 2.05) is 30.3 Å². The third kappa shape index (κ3) is 8.57. The number of hydrogen-bond acceptors (Lipinski definition) is 11. The minimum atomic E-state index is -0.755. The number of halogens is 1. The number of amides is 3. The van der Waals surface area contributed by atoms with Crippen molar-refractivity contribution >= 4 is 35.7 Å². The summed E-state index contributed by atoms with van der Waals surface area (Å²) in [7, 11) is 0. The molecule has 2 unspecified atom stereocenters. The summed E-state index contributed by atoms with van der Waals surface area (Å²) in [6.07, 6.45) is 0.774. The largest absolute Gasteiger partial charge is 0.482 e. The summed E-state index contributed by atoms with van der Waals surface area (Å²) in [5.74, 6) is -0.859. The molecule has 3 aromatic rings. The summed E-state index contributed by atoms with van der Waals surface area (Å²) in [6, 6.07) is 12.2. The number of cyclic esters (lactones) is 1. The summed E-state index contributed by atoms with van der Waals surface area (Å²) in [6.45, 7) is 5.50. The molecule has 6 rings (SSSR count). The molecule has 2 aliphatic heterocycles. The second kappa shape index (κ2) is 14.6. The van der Waals surface area contributed by atoms with Gasteiger partial charge in [0.25, 0.3) is 11.8 Å². The lowest BCUT2D eigenvalue weighted by Gasteiger charge is -2.29. The molecule has 3 aliphatic rings. The summed E-state index contributed by atoms with van der Waals surface area (Å²) < 4.78 is 42.5. The predicted octanol–water partition coefficient (Wildman–Crippen LogP) is 4.44. The van der Waals surface area contributed by atoms with Crippen LogP contribution in [0.2, 0.25) is 0 Å². The van der Waals surface area contributed by atoms with E-state index in [-0.39, 0.29) is 74.5 Å². The van der Waals surface area contributed by atoms with Crippen molar-refractivity contribution in [2.75, 3.05) is 43.1 Å². The Bertz CT molecular complexity index is 1770. The molecule has 2 atom stereocenters. The molecule has 15 heteroatoms. The maximum Gasteiger partial charge on any atom is 0.415 e. The Morgan fingerprint density at radius 2 is 1.94 bits per heavy atom. The van der Waals surface area contributed by atoms with E-state index in [4.69, 9.17) is 23.7 Å². The molecule has 2 aromatic carbocycles. The van der Waals surface area contributed by atoms with Crippen LogP contribution in [0.25, 0.3) is 0 Å². The molecule has 0 spiro atoms. The first-order chi connectivity index (χ1) is 23.9. The van der Waals surface area contributed by atoms with Gasteiger partial charge in [0.1, 0.15) is 29.9 Å². The van der Waals surface area contributed by atoms with Crippen molar-refractivity contribution in [1.29, 1.82) is 0 Å². The lowest BCUT2D eigenvalue weighted by Crippen LogP contribution is -2.41. The molecule has 14 nitrogen and oxygen atoms in total. The van der Waals surface area contributed by atoms with Crippen molar-refractivity contribution in [3.05, 3.63) is 71.2 Å². The number of nitrogens with zero attached hydrogens (tertiary/aromatic N) is 4. The van der Waals surface area contributed by atoms with Crippen LogP contribution in [0, 0.1) is 11.7 Å². The highest BCUT2D eigenvalue weighted by atomic mass is 19.1. The zero-order valence-electron chi connectivity index (χ0n) is 28.0. The molecular weight excluding hydrogens is 653 g/mol. The van der Waals surface area contributed by atoms with E-state index in [0.717, 1.165) is 11.1 Å². The van der Waals surface area contributed by atoms with E-state index in [9.17, 15) is 19.2 Å². The number of hydrogen-bond donors (Lipinski definition) is 1. The van der Waals surface area contributed by atoms with Crippen molar-refractivity contribution < 1.29 is 47.3 Å². The van der Waals surface area contributed by atoms with Gasteiger partial charge >= 0.3 is 18.2 Å². The Labute approximate surface area is 287 Å². The highest BCUT2D eigenvalue weighted by Gasteiger charge is 2.36. The monoisotopic (exact) mass is 691 g/mol. The average Bonchev–Trinajstić information content (AvgIpc) is 3.66. The van der Waals surface area contributed by atoms with Crippen LogP contribution in [0.4, 0.5) is 25.6 Å². The molecule has 0 bridgehead atoms. The van der Waals surface area contributed by atoms with Crippen LogP contribution in [0.3, 0.4) is 0 Å². The van der Waals surface area contributed by atoms with Crippen molar-refractivity contribution in [3.63, 3.8) is 0 Å². The van der Waals surface area contributed by atoms with E-state index in [1.165, 1.54) is 17.2 Å². The van der Waals surface area contributed by atoms with Crippen LogP contribution in [-0.4, -0.2) is 83.5 Å². The summed E-state index contributed by atoms with van der Waals surface area (Å²) in [4.78, 5) is 61.3. The Hall–Kier alpha value is -5.47. The number of ether oxygens (including phenoxy) is 5. The van der Waals surface area contributed by atoms with E-state index in [1.54, 1.807) is 31.7 Å². The summed E-state index contributed by atoms with van der Waals surface area (Å²) in [5, 5.41) is 2.57. The summed E-state index contributed by atoms with van der Waals surface area (Å²) >= 11 is 0. The first kappa shape index (κ1) is 34.4. The number of fused-ring (bicyclic) bond motifs is 2. The van der Waals surface area contributed by atoms with Crippen LogP contribution >= 0.6 is 0 Å². The van der Waals surface area contributed by atoms with E-state index in [0.29, 0.717) is 24.8 Å². The Morgan fingerprint density at radius 3 is 2.72 bits per heavy atom. The van der Waals surface area contributed by atoms with Crippen LogP contribution in [-0.2, 0) is 43.2 Å². The molecular formula is C35H38FN5O9. The van der Waals surface area contributed by atoms with Crippen molar-refractivity contribution in [2.45, 2.75) is 58.3 Å². The zero-order chi connectivity index (χ0) is 35.4. The number of benzene rings is 2. The molecule has 1 saturated heterocycles. The minimum Gasteiger partial charge on any atom is -0.482 e. The maximum absolute atomic E-state index is 15.2. The van der Waals surface area contributed by atoms with Crippen LogP contribution in [0.15, 0.2) is 48.7 Å². The number of carbonyl (C=O) groups excluding carboxylic acids is 4. The smallest absolute Gasteiger partial charge is 0.415 e. The van der Waals surface area contributed by atoms with Gasteiger partial charge in [-0.2, -0.15) is 0 Å². The van der Waals surface area contributed by atoms with E-state index in [2.05, 4.69) is 15.3 Å². The van der Waals surface area contributed by atoms with E-state index < -0.39 is 35.7 Å². The molecule has 264 valence electrons. The maximum atomic E-state index is 15.2. The van der Waals surface area contributed by atoms with Gasteiger partial charge < -0.3 is 33.9 Å². The van der Waals surface area contributed by atoms with Crippen LogP contribution in [0.1, 0.15) is 43.9 Å². The Kier molecular flexibility index (Phi) is 10.0. The van der Waals surface area contributed by atoms with Gasteiger partial charge in [-0.15, -0.1) is 0 Å². The fourth-order valence-electron chi connectivity index (χ4n) is 5.92. The van der Waals surface area contributed by atoms with Gasteiger partial charge in [0, 0.05) is 25.6 Å². The van der Waals surface area contributed by atoms with Crippen molar-refractivity contribution in [3.8, 4) is 11.6 Å². The molecule has 1 N–H and O–H groups in total. The number of nitrogens with one attached hydrogen (secondary N) is 1. The fraction of sp³-hybridized carbons (Fsp3) is 0.429. The molecule has 1 aliphatic carbocycles. The van der Waals surface area contributed by atoms with Gasteiger partial charge in [-0.1, -0.05) is 30.3 Å². The van der Waals surface area contributed by atoms with Gasteiger partial charge in [0.15, 0.2) is 24.8 Å². The highest BCUT2D eigenvalue weighted by molar-refractivity contribution is 5.94. The molecule has 0 radical (unpaired) electrons. The third-order valence-electron chi connectivity index (χ3n) is 8.19. The molecule has 1 fully saturated rings. The topological polar surface area (TPSA) is 159 Å². The highest BCUT2D eigenvalue weighted by Crippen LogP contribution is 2.34. The lowest BCUT2D eigenvalue weighted by molar-refractivity contribution is -0.147. The second-order valence-electron chi connectivity index (χ2n) is 13.3. The lowest BCUT2D eigenvalue weighted by atomic mass is 10.1. The fourth-order valence-corrected chi connectivity index (χ4v) is 5.92. The van der Waals surface area contributed by atoms with Gasteiger partial charge in [-0.3, -0.25) is 9.69 Å². The SMILES string of the molecule is CC(C)(C)OC(=O)N(CCC1CN(c2cnc3c(n2)NC(=O)CO3)C(=O)O1)CC1Cc2cc(OCC(=O)OCc3ccccc3)cc(F)c2C1. The number of esters is 1. The third-order valence-corrected chi connectivity index (χ3v) is 8.19. The van der Waals surface area contributed by atoms with Gasteiger partial charge in [-0.05, 0) is 62.3 Å². The van der Waals surface area contributed by atoms with Crippen LogP contribution < -0.4 is 19.7 Å². The Morgan fingerprint density at radius 1 is 1.14 bits per heavy atom. The van der Waals surface area contributed by atoms with Gasteiger partial charge in [-0.25, -0.2) is 28.7 Å². The Balaban J connectivity index is 1.05. The van der Waals surface area contributed by atoms with Gasteiger partial charge in [0.05, 0.1) is 12.7 Å².